The first kappa shape index (κ1) is 5.65. The maximum Gasteiger partial charge on any atom is 0.0573 e. The summed E-state index contributed by atoms with van der Waals surface area (Å²) in [5, 5.41) is 3.16. The van der Waals surface area contributed by atoms with E-state index in [2.05, 4.69) is 11.2 Å². The molecular formula is C7H11N. The highest BCUT2D eigenvalue weighted by Crippen LogP contribution is 2.27. The first-order chi connectivity index (χ1) is 3.93. The van der Waals surface area contributed by atoms with E-state index in [1.54, 1.807) is 0 Å². The molecule has 0 atom stereocenters. The molecule has 0 spiro atoms. The summed E-state index contributed by atoms with van der Waals surface area (Å²) >= 11 is 0. The molecule has 0 saturated heterocycles. The zero-order valence-corrected chi connectivity index (χ0v) is 4.98. The normalized spacial score (nSPS) is 17.9. The van der Waals surface area contributed by atoms with Crippen molar-refractivity contribution in [1.29, 1.82) is 0 Å². The monoisotopic (exact) mass is 109 g/mol. The summed E-state index contributed by atoms with van der Waals surface area (Å²) in [5.74, 6) is 3.49. The van der Waals surface area contributed by atoms with Crippen molar-refractivity contribution in [1.82, 2.24) is 5.32 Å². The third kappa shape index (κ3) is 1.99. The number of rotatable bonds is 3. The summed E-state index contributed by atoms with van der Waals surface area (Å²) in [4.78, 5) is 0. The minimum atomic E-state index is 0.733. The first-order valence-electron chi connectivity index (χ1n) is 3.07. The predicted octanol–water partition coefficient (Wildman–Crippen LogP) is 0.619. The second-order valence-corrected chi connectivity index (χ2v) is 2.28. The van der Waals surface area contributed by atoms with Gasteiger partial charge in [-0.2, -0.15) is 0 Å². The molecule has 0 bridgehead atoms. The molecule has 1 nitrogen and oxygen atoms in total. The molecule has 1 aliphatic rings. The number of terminal acetylenes is 1. The molecule has 0 aromatic rings. The van der Waals surface area contributed by atoms with E-state index < -0.39 is 0 Å². The van der Waals surface area contributed by atoms with E-state index in [9.17, 15) is 0 Å². The smallest absolute Gasteiger partial charge is 0.0573 e. The minimum Gasteiger partial charge on any atom is -0.306 e. The van der Waals surface area contributed by atoms with Crippen LogP contribution in [0.25, 0.3) is 0 Å². The average molecular weight is 109 g/mol. The van der Waals surface area contributed by atoms with Crippen molar-refractivity contribution >= 4 is 0 Å². The Kier molecular flexibility index (Phi) is 1.93. The Morgan fingerprint density at radius 1 is 1.62 bits per heavy atom. The van der Waals surface area contributed by atoms with Gasteiger partial charge in [0.25, 0.3) is 0 Å². The van der Waals surface area contributed by atoms with Gasteiger partial charge in [-0.05, 0) is 25.3 Å². The molecule has 0 unspecified atom stereocenters. The van der Waals surface area contributed by atoms with Crippen LogP contribution in [0.5, 0.6) is 0 Å². The molecule has 0 aromatic carbocycles. The fourth-order valence-electron chi connectivity index (χ4n) is 0.670. The largest absolute Gasteiger partial charge is 0.306 e. The van der Waals surface area contributed by atoms with E-state index in [0.717, 1.165) is 19.0 Å². The lowest BCUT2D eigenvalue weighted by Gasteiger charge is -1.93. The Balaban J connectivity index is 1.83. The second-order valence-electron chi connectivity index (χ2n) is 2.28. The van der Waals surface area contributed by atoms with Gasteiger partial charge >= 0.3 is 0 Å². The van der Waals surface area contributed by atoms with Crippen molar-refractivity contribution in [3.63, 3.8) is 0 Å². The maximum atomic E-state index is 5.02. The molecule has 0 aliphatic heterocycles. The molecule has 1 N–H and O–H groups in total. The van der Waals surface area contributed by atoms with Crippen LogP contribution in [0.15, 0.2) is 0 Å². The molecule has 1 saturated carbocycles. The summed E-state index contributed by atoms with van der Waals surface area (Å²) in [5.41, 5.74) is 0. The van der Waals surface area contributed by atoms with E-state index in [-0.39, 0.29) is 0 Å². The van der Waals surface area contributed by atoms with Gasteiger partial charge in [0.1, 0.15) is 0 Å². The summed E-state index contributed by atoms with van der Waals surface area (Å²) in [6, 6.07) is 0. The zero-order chi connectivity index (χ0) is 5.82. The lowest BCUT2D eigenvalue weighted by atomic mass is 10.4. The van der Waals surface area contributed by atoms with Crippen LogP contribution in [-0.2, 0) is 0 Å². The van der Waals surface area contributed by atoms with Crippen LogP contribution in [0.3, 0.4) is 0 Å². The summed E-state index contributed by atoms with van der Waals surface area (Å²) < 4.78 is 0. The fraction of sp³-hybridized carbons (Fsp3) is 0.714. The molecule has 1 rings (SSSR count). The average Bonchev–Trinajstić information content (AvgIpc) is 2.51. The molecule has 0 aromatic heterocycles. The van der Waals surface area contributed by atoms with Crippen LogP contribution in [0.4, 0.5) is 0 Å². The van der Waals surface area contributed by atoms with Crippen LogP contribution in [0.1, 0.15) is 12.8 Å². The quantitative estimate of drug-likeness (QED) is 0.414. The predicted molar refractivity (Wildman–Crippen MR) is 34.4 cm³/mol. The molecule has 44 valence electrons. The van der Waals surface area contributed by atoms with Crippen LogP contribution >= 0.6 is 0 Å². The van der Waals surface area contributed by atoms with Crippen molar-refractivity contribution in [2.24, 2.45) is 5.92 Å². The van der Waals surface area contributed by atoms with Gasteiger partial charge in [0.2, 0.25) is 0 Å². The Morgan fingerprint density at radius 2 is 2.38 bits per heavy atom. The van der Waals surface area contributed by atoms with Gasteiger partial charge in [0.05, 0.1) is 6.54 Å². The highest BCUT2D eigenvalue weighted by atomic mass is 14.9. The van der Waals surface area contributed by atoms with E-state index in [1.807, 2.05) is 0 Å². The van der Waals surface area contributed by atoms with E-state index >= 15 is 0 Å². The number of nitrogens with one attached hydrogen (secondary N) is 1. The lowest BCUT2D eigenvalue weighted by molar-refractivity contribution is 0.689. The summed E-state index contributed by atoms with van der Waals surface area (Å²) in [7, 11) is 0. The van der Waals surface area contributed by atoms with Crippen LogP contribution < -0.4 is 5.32 Å². The second kappa shape index (κ2) is 2.74. The highest BCUT2D eigenvalue weighted by molar-refractivity contribution is 4.87. The third-order valence-electron chi connectivity index (χ3n) is 1.36. The molecule has 8 heavy (non-hydrogen) atoms. The van der Waals surface area contributed by atoms with E-state index in [0.29, 0.717) is 0 Å². The molecule has 1 heteroatoms. The van der Waals surface area contributed by atoms with Gasteiger partial charge in [-0.25, -0.2) is 0 Å². The van der Waals surface area contributed by atoms with Crippen LogP contribution in [-0.4, -0.2) is 13.1 Å². The molecule has 0 heterocycles. The minimum absolute atomic E-state index is 0.733. The third-order valence-corrected chi connectivity index (χ3v) is 1.36. The zero-order valence-electron chi connectivity index (χ0n) is 4.98. The van der Waals surface area contributed by atoms with Gasteiger partial charge in [0.15, 0.2) is 0 Å². The molecular weight excluding hydrogens is 98.1 g/mol. The Hall–Kier alpha value is -0.480. The van der Waals surface area contributed by atoms with Crippen molar-refractivity contribution in [2.45, 2.75) is 12.8 Å². The van der Waals surface area contributed by atoms with Crippen molar-refractivity contribution in [3.05, 3.63) is 0 Å². The number of hydrogen-bond acceptors (Lipinski definition) is 1. The Bertz CT molecular complexity index is 97.4. The standard InChI is InChI=1S/C7H11N/c1-2-5-8-6-7-3-4-7/h1,7-8H,3-6H2. The van der Waals surface area contributed by atoms with Gasteiger partial charge in [0, 0.05) is 0 Å². The van der Waals surface area contributed by atoms with Crippen molar-refractivity contribution < 1.29 is 0 Å². The summed E-state index contributed by atoms with van der Waals surface area (Å²) in [6.07, 6.45) is 7.82. The van der Waals surface area contributed by atoms with Crippen LogP contribution in [0.2, 0.25) is 0 Å². The number of hydrogen-bond donors (Lipinski definition) is 1. The first-order valence-corrected chi connectivity index (χ1v) is 3.07. The van der Waals surface area contributed by atoms with E-state index in [4.69, 9.17) is 6.42 Å². The highest BCUT2D eigenvalue weighted by Gasteiger charge is 2.19. The Labute approximate surface area is 50.5 Å². The van der Waals surface area contributed by atoms with Crippen molar-refractivity contribution in [3.8, 4) is 12.3 Å². The topological polar surface area (TPSA) is 12.0 Å². The van der Waals surface area contributed by atoms with Crippen LogP contribution in [0, 0.1) is 18.3 Å². The van der Waals surface area contributed by atoms with Gasteiger partial charge < -0.3 is 5.32 Å². The molecule has 1 fully saturated rings. The summed E-state index contributed by atoms with van der Waals surface area (Å²) in [6.45, 7) is 1.86. The van der Waals surface area contributed by atoms with Gasteiger partial charge in [-0.3, -0.25) is 0 Å². The molecule has 0 amide bonds. The molecule has 0 radical (unpaired) electrons. The maximum absolute atomic E-state index is 5.02. The lowest BCUT2D eigenvalue weighted by Crippen LogP contribution is -2.16. The van der Waals surface area contributed by atoms with Gasteiger partial charge in [-0.15, -0.1) is 6.42 Å². The SMILES string of the molecule is C#CCNCC1CC1. The molecule has 1 aliphatic carbocycles. The van der Waals surface area contributed by atoms with Crippen molar-refractivity contribution in [2.75, 3.05) is 13.1 Å². The fourth-order valence-corrected chi connectivity index (χ4v) is 0.670. The van der Waals surface area contributed by atoms with Gasteiger partial charge in [-0.1, -0.05) is 5.92 Å². The Morgan fingerprint density at radius 3 is 2.88 bits per heavy atom. The van der Waals surface area contributed by atoms with E-state index in [1.165, 1.54) is 12.8 Å².